The molecule has 0 spiro atoms. The van der Waals surface area contributed by atoms with Gasteiger partial charge < -0.3 is 10.1 Å². The van der Waals surface area contributed by atoms with Gasteiger partial charge in [-0.05, 0) is 35.2 Å². The molecule has 1 aliphatic heterocycles. The van der Waals surface area contributed by atoms with Crippen molar-refractivity contribution in [1.29, 1.82) is 0 Å². The number of carbonyl (C=O) groups excluding carboxylic acids is 1. The molecule has 1 aliphatic rings. The van der Waals surface area contributed by atoms with Crippen molar-refractivity contribution < 1.29 is 9.53 Å². The summed E-state index contributed by atoms with van der Waals surface area (Å²) in [4.78, 5) is 26.5. The van der Waals surface area contributed by atoms with Crippen LogP contribution in [-0.4, -0.2) is 33.7 Å². The maximum absolute atomic E-state index is 12.2. The molecule has 144 valence electrons. The predicted molar refractivity (Wildman–Crippen MR) is 108 cm³/mol. The predicted octanol–water partition coefficient (Wildman–Crippen LogP) is 4.18. The van der Waals surface area contributed by atoms with Gasteiger partial charge in [0.2, 0.25) is 11.9 Å². The number of fused-ring (bicyclic) bond motifs is 1. The largest absolute Gasteiger partial charge is 0.447 e. The fourth-order valence-electron chi connectivity index (χ4n) is 3.38. The zero-order valence-electron chi connectivity index (χ0n) is 16.2. The van der Waals surface area contributed by atoms with Gasteiger partial charge in [-0.15, -0.1) is 0 Å². The fraction of sp³-hybridized carbons (Fsp3) is 0.333. The van der Waals surface area contributed by atoms with Crippen molar-refractivity contribution in [3.63, 3.8) is 0 Å². The smallest absolute Gasteiger partial charge is 0.417 e. The van der Waals surface area contributed by atoms with Gasteiger partial charge in [-0.1, -0.05) is 50.2 Å². The molecule has 1 unspecified atom stereocenters. The lowest BCUT2D eigenvalue weighted by Gasteiger charge is -2.22. The van der Waals surface area contributed by atoms with Gasteiger partial charge in [0.25, 0.3) is 0 Å². The molecule has 7 nitrogen and oxygen atoms in total. The highest BCUT2D eigenvalue weighted by Gasteiger charge is 2.38. The van der Waals surface area contributed by atoms with Gasteiger partial charge in [0, 0.05) is 0 Å². The quantitative estimate of drug-likeness (QED) is 0.718. The van der Waals surface area contributed by atoms with Gasteiger partial charge in [0.1, 0.15) is 12.9 Å². The number of hydrogen-bond donors (Lipinski definition) is 1. The minimum atomic E-state index is -0.418. The van der Waals surface area contributed by atoms with Crippen LogP contribution in [0.5, 0.6) is 0 Å². The number of benzene rings is 2. The number of carbonyl (C=O) groups is 1. The van der Waals surface area contributed by atoms with Crippen molar-refractivity contribution in [3.8, 4) is 0 Å². The summed E-state index contributed by atoms with van der Waals surface area (Å²) in [5, 5.41) is 5.69. The molecular formula is C21H23N5O2. The van der Waals surface area contributed by atoms with E-state index < -0.39 is 6.09 Å². The molecule has 28 heavy (non-hydrogen) atoms. The van der Waals surface area contributed by atoms with E-state index in [4.69, 9.17) is 4.74 Å². The van der Waals surface area contributed by atoms with Crippen LogP contribution in [-0.2, 0) is 4.74 Å². The first kappa shape index (κ1) is 18.2. The molecule has 2 aromatic carbocycles. The molecule has 1 N–H and O–H groups in total. The molecule has 1 aromatic heterocycles. The second-order valence-corrected chi connectivity index (χ2v) is 7.34. The lowest BCUT2D eigenvalue weighted by molar-refractivity contribution is 0.177. The molecule has 3 aromatic rings. The van der Waals surface area contributed by atoms with Crippen LogP contribution in [0.25, 0.3) is 10.8 Å². The van der Waals surface area contributed by atoms with E-state index in [1.54, 1.807) is 0 Å². The second-order valence-electron chi connectivity index (χ2n) is 7.34. The van der Waals surface area contributed by atoms with Crippen LogP contribution in [0.15, 0.2) is 48.8 Å². The molecule has 1 fully saturated rings. The summed E-state index contributed by atoms with van der Waals surface area (Å²) in [6, 6.07) is 14.5. The monoisotopic (exact) mass is 377 g/mol. The van der Waals surface area contributed by atoms with Crippen LogP contribution in [0.4, 0.5) is 16.7 Å². The van der Waals surface area contributed by atoms with E-state index in [0.717, 1.165) is 5.56 Å². The topological polar surface area (TPSA) is 80.2 Å². The number of ether oxygens (including phenoxy) is 1. The van der Waals surface area contributed by atoms with E-state index in [9.17, 15) is 4.79 Å². The number of cyclic esters (lactones) is 1. The van der Waals surface area contributed by atoms with Crippen LogP contribution in [0.1, 0.15) is 32.4 Å². The summed E-state index contributed by atoms with van der Waals surface area (Å²) in [5.74, 6) is 0.966. The van der Waals surface area contributed by atoms with E-state index in [2.05, 4.69) is 57.5 Å². The Morgan fingerprint density at radius 2 is 1.89 bits per heavy atom. The molecule has 7 heteroatoms. The Labute approximate surface area is 163 Å². The molecule has 0 aliphatic carbocycles. The molecule has 4 rings (SSSR count). The first-order chi connectivity index (χ1) is 13.5. The van der Waals surface area contributed by atoms with Crippen molar-refractivity contribution in [3.05, 3.63) is 54.4 Å². The lowest BCUT2D eigenvalue weighted by Crippen LogP contribution is -2.38. The molecule has 1 saturated heterocycles. The highest BCUT2D eigenvalue weighted by Crippen LogP contribution is 2.26. The molecule has 0 radical (unpaired) electrons. The average Bonchev–Trinajstić information content (AvgIpc) is 3.09. The molecule has 0 bridgehead atoms. The third-order valence-corrected chi connectivity index (χ3v) is 5.07. The molecule has 1 amide bonds. The SMILES string of the molecule is CC(C)C1COC(=O)N1c1ncnc(N[C@@H](C)c2ccc3ccccc3c2)n1. The maximum Gasteiger partial charge on any atom is 0.417 e. The summed E-state index contributed by atoms with van der Waals surface area (Å²) < 4.78 is 5.19. The van der Waals surface area contributed by atoms with Crippen molar-refractivity contribution >= 4 is 28.8 Å². The molecular weight excluding hydrogens is 354 g/mol. The number of rotatable bonds is 5. The van der Waals surface area contributed by atoms with Crippen molar-refractivity contribution in [2.45, 2.75) is 32.9 Å². The highest BCUT2D eigenvalue weighted by molar-refractivity contribution is 5.88. The van der Waals surface area contributed by atoms with Crippen molar-refractivity contribution in [2.24, 2.45) is 5.92 Å². The third kappa shape index (κ3) is 3.47. The van der Waals surface area contributed by atoms with Crippen molar-refractivity contribution in [1.82, 2.24) is 15.0 Å². The normalized spacial score (nSPS) is 17.8. The van der Waals surface area contributed by atoms with Crippen molar-refractivity contribution in [2.75, 3.05) is 16.8 Å². The van der Waals surface area contributed by atoms with Gasteiger partial charge in [0.05, 0.1) is 12.1 Å². The third-order valence-electron chi connectivity index (χ3n) is 5.07. The first-order valence-electron chi connectivity index (χ1n) is 9.43. The van der Waals surface area contributed by atoms with E-state index in [1.165, 1.54) is 22.0 Å². The number of nitrogens with zero attached hydrogens (tertiary/aromatic N) is 4. The van der Waals surface area contributed by atoms with Gasteiger partial charge in [-0.2, -0.15) is 4.98 Å². The summed E-state index contributed by atoms with van der Waals surface area (Å²) in [7, 11) is 0. The maximum atomic E-state index is 12.2. The fourth-order valence-corrected chi connectivity index (χ4v) is 3.38. The van der Waals surface area contributed by atoms with Crippen LogP contribution in [0.2, 0.25) is 0 Å². The van der Waals surface area contributed by atoms with Gasteiger partial charge >= 0.3 is 6.09 Å². The first-order valence-corrected chi connectivity index (χ1v) is 9.43. The zero-order chi connectivity index (χ0) is 19.7. The lowest BCUT2D eigenvalue weighted by atomic mass is 10.0. The Morgan fingerprint density at radius 3 is 2.68 bits per heavy atom. The Kier molecular flexibility index (Phi) is 4.81. The Hall–Kier alpha value is -3.22. The van der Waals surface area contributed by atoms with E-state index >= 15 is 0 Å². The zero-order valence-corrected chi connectivity index (χ0v) is 16.2. The van der Waals surface area contributed by atoms with E-state index in [0.29, 0.717) is 18.5 Å². The van der Waals surface area contributed by atoms with Crippen LogP contribution in [0.3, 0.4) is 0 Å². The summed E-state index contributed by atoms with van der Waals surface area (Å²) in [6.07, 6.45) is 0.999. The Bertz CT molecular complexity index is 1010. The van der Waals surface area contributed by atoms with E-state index in [-0.39, 0.29) is 18.0 Å². The number of aromatic nitrogens is 3. The van der Waals surface area contributed by atoms with Crippen LogP contribution >= 0.6 is 0 Å². The summed E-state index contributed by atoms with van der Waals surface area (Å²) in [6.45, 7) is 6.48. The average molecular weight is 377 g/mol. The highest BCUT2D eigenvalue weighted by atomic mass is 16.6. The number of hydrogen-bond acceptors (Lipinski definition) is 6. The van der Waals surface area contributed by atoms with Gasteiger partial charge in [-0.25, -0.2) is 19.7 Å². The van der Waals surface area contributed by atoms with Crippen LogP contribution < -0.4 is 10.2 Å². The second kappa shape index (κ2) is 7.42. The molecule has 0 saturated carbocycles. The Morgan fingerprint density at radius 1 is 1.11 bits per heavy atom. The Balaban J connectivity index is 1.56. The summed E-state index contributed by atoms with van der Waals surface area (Å²) in [5.41, 5.74) is 1.13. The standard InChI is InChI=1S/C21H23N5O2/c1-13(2)18-11-28-21(27)26(18)20-23-12-22-19(25-20)24-14(3)16-9-8-15-6-4-5-7-17(15)10-16/h4-10,12-14,18H,11H2,1-3H3,(H,22,23,24,25)/t14-,18?/m0/s1. The van der Waals surface area contributed by atoms with Crippen LogP contribution in [0, 0.1) is 5.92 Å². The number of nitrogens with one attached hydrogen (secondary N) is 1. The molecule has 2 atom stereocenters. The number of amides is 1. The van der Waals surface area contributed by atoms with Gasteiger partial charge in [0.15, 0.2) is 0 Å². The minimum Gasteiger partial charge on any atom is -0.447 e. The van der Waals surface area contributed by atoms with Gasteiger partial charge in [-0.3, -0.25) is 0 Å². The van der Waals surface area contributed by atoms with E-state index in [1.807, 2.05) is 26.0 Å². The molecule has 2 heterocycles. The number of anilines is 2. The summed E-state index contributed by atoms with van der Waals surface area (Å²) >= 11 is 0. The minimum absolute atomic E-state index is 0.00807.